The monoisotopic (exact) mass is 618 g/mol. The van der Waals surface area contributed by atoms with Crippen LogP contribution in [0.15, 0.2) is 66.7 Å². The van der Waals surface area contributed by atoms with Gasteiger partial charge in [0.15, 0.2) is 0 Å². The van der Waals surface area contributed by atoms with Crippen LogP contribution >= 0.6 is 77.1 Å². The number of hydrogen-bond donors (Lipinski definition) is 0. The van der Waals surface area contributed by atoms with Crippen molar-refractivity contribution >= 4 is 82.4 Å². The van der Waals surface area contributed by atoms with Gasteiger partial charge in [-0.05, 0) is 0 Å². The molecular weight excluding hydrogens is 608 g/mol. The molecule has 0 unspecified atom stereocenters. The molecule has 0 radical (unpaired) electrons. The van der Waals surface area contributed by atoms with Crippen LogP contribution in [0.3, 0.4) is 0 Å². The molecule has 0 atom stereocenters. The third-order valence-corrected chi connectivity index (χ3v) is 11.2. The van der Waals surface area contributed by atoms with Crippen molar-refractivity contribution in [2.45, 2.75) is 6.42 Å². The van der Waals surface area contributed by atoms with E-state index < -0.39 is 7.51 Å². The normalized spacial score (nSPS) is 17.4. The summed E-state index contributed by atoms with van der Waals surface area (Å²) in [5.41, 5.74) is 1.54. The Kier molecular flexibility index (Phi) is 5.90. The molecule has 0 N–H and O–H groups in total. The van der Waals surface area contributed by atoms with Crippen molar-refractivity contribution in [3.63, 3.8) is 0 Å². The zero-order valence-electron chi connectivity index (χ0n) is 17.9. The Morgan fingerprint density at radius 1 is 0.528 bits per heavy atom. The van der Waals surface area contributed by atoms with Crippen molar-refractivity contribution in [1.82, 2.24) is 0 Å². The van der Waals surface area contributed by atoms with Gasteiger partial charge in [0.2, 0.25) is 0 Å². The fourth-order valence-corrected chi connectivity index (χ4v) is 8.87. The van der Waals surface area contributed by atoms with Crippen LogP contribution in [-0.4, -0.2) is 0 Å². The maximum absolute atomic E-state index is 6.74. The predicted molar refractivity (Wildman–Crippen MR) is 148 cm³/mol. The number of fused-ring (bicyclic) bond motifs is 3. The van der Waals surface area contributed by atoms with Gasteiger partial charge in [-0.3, -0.25) is 0 Å². The molecule has 0 fully saturated rings. The summed E-state index contributed by atoms with van der Waals surface area (Å²) in [5, 5.41) is 1.61. The number of rotatable bonds is 1. The Balaban J connectivity index is 1.71. The van der Waals surface area contributed by atoms with Gasteiger partial charge in [0.25, 0.3) is 0 Å². The molecule has 2 aliphatic rings. The quantitative estimate of drug-likeness (QED) is 0.121. The van der Waals surface area contributed by atoms with Crippen molar-refractivity contribution in [2.24, 2.45) is 0 Å². The van der Waals surface area contributed by atoms with E-state index in [1.807, 2.05) is 30.3 Å². The first kappa shape index (κ1) is 24.6. The van der Waals surface area contributed by atoms with Gasteiger partial charge in [-0.25, -0.2) is 0 Å². The number of benzene rings is 4. The molecule has 0 amide bonds. The summed E-state index contributed by atoms with van der Waals surface area (Å²) in [5.74, 6) is 0.987. The van der Waals surface area contributed by atoms with Crippen LogP contribution in [0.4, 0.5) is 0 Å². The van der Waals surface area contributed by atoms with Crippen LogP contribution in [0, 0.1) is 0 Å². The summed E-state index contributed by atoms with van der Waals surface area (Å²) in [7, 11) is -4.87. The molecule has 11 heteroatoms. The molecule has 36 heavy (non-hydrogen) atoms. The summed E-state index contributed by atoms with van der Waals surface area (Å²) < 4.78 is 26.7. The fraction of sp³-hybridized carbons (Fsp3) is 0.0400. The standard InChI is InChI=1S/C25H13Cl6O4P/c26-15-6-8-18-13(11-15)10-14-12-16(27)7-9-19(14)33-36(32-18,17-4-2-1-3-5-17)34-24-22(30)20(28)21(29)23(31)25(24)35-36/h1-9,11-12H,10H2. The van der Waals surface area contributed by atoms with Crippen LogP contribution in [0.25, 0.3) is 0 Å². The van der Waals surface area contributed by atoms with Gasteiger partial charge >= 0.3 is 238 Å². The van der Waals surface area contributed by atoms with E-state index in [2.05, 4.69) is 0 Å². The van der Waals surface area contributed by atoms with E-state index in [1.165, 1.54) is 0 Å². The summed E-state index contributed by atoms with van der Waals surface area (Å²) in [6.07, 6.45) is 0.430. The van der Waals surface area contributed by atoms with E-state index in [0.29, 0.717) is 33.3 Å². The average molecular weight is 621 g/mol. The molecule has 1 spiro atoms. The van der Waals surface area contributed by atoms with E-state index >= 15 is 0 Å². The topological polar surface area (TPSA) is 36.9 Å². The second kappa shape index (κ2) is 8.64. The van der Waals surface area contributed by atoms with E-state index in [0.717, 1.165) is 11.1 Å². The van der Waals surface area contributed by atoms with Crippen molar-refractivity contribution in [2.75, 3.05) is 0 Å². The zero-order valence-corrected chi connectivity index (χ0v) is 23.3. The fourth-order valence-electron chi connectivity index (χ4n) is 4.16. The second-order valence-electron chi connectivity index (χ2n) is 8.11. The average Bonchev–Trinajstić information content (AvgIpc) is 3.22. The summed E-state index contributed by atoms with van der Waals surface area (Å²) >= 11 is 38.6. The molecule has 184 valence electrons. The Morgan fingerprint density at radius 3 is 1.47 bits per heavy atom. The van der Waals surface area contributed by atoms with Gasteiger partial charge in [0.05, 0.1) is 0 Å². The third kappa shape index (κ3) is 3.70. The van der Waals surface area contributed by atoms with Gasteiger partial charge in [-0.1, -0.05) is 0 Å². The molecular formula is C25H13Cl6O4P. The van der Waals surface area contributed by atoms with Gasteiger partial charge in [-0.15, -0.1) is 0 Å². The molecule has 0 saturated heterocycles. The minimum absolute atomic E-state index is 0.0143. The van der Waals surface area contributed by atoms with E-state index in [4.69, 9.17) is 87.7 Å². The maximum atomic E-state index is 6.74. The first-order valence-electron chi connectivity index (χ1n) is 10.5. The Morgan fingerprint density at radius 2 is 1.00 bits per heavy atom. The van der Waals surface area contributed by atoms with E-state index in [-0.39, 0.29) is 31.6 Å². The van der Waals surface area contributed by atoms with E-state index in [9.17, 15) is 0 Å². The van der Waals surface area contributed by atoms with E-state index in [1.54, 1.807) is 36.4 Å². The third-order valence-electron chi connectivity index (χ3n) is 5.80. The molecule has 4 nitrogen and oxygen atoms in total. The van der Waals surface area contributed by atoms with Gasteiger partial charge in [0, 0.05) is 0 Å². The van der Waals surface area contributed by atoms with Crippen molar-refractivity contribution in [3.05, 3.63) is 108 Å². The van der Waals surface area contributed by atoms with Crippen LogP contribution in [0.5, 0.6) is 23.0 Å². The summed E-state index contributed by atoms with van der Waals surface area (Å²) in [6, 6.07) is 19.5. The molecule has 0 aromatic heterocycles. The van der Waals surface area contributed by atoms with Crippen molar-refractivity contribution in [1.29, 1.82) is 0 Å². The Labute approximate surface area is 236 Å². The van der Waals surface area contributed by atoms with Crippen molar-refractivity contribution < 1.29 is 18.1 Å². The molecule has 2 aliphatic heterocycles. The first-order valence-corrected chi connectivity index (χ1v) is 14.7. The molecule has 0 aliphatic carbocycles. The Bertz CT molecular complexity index is 1470. The molecule has 4 aromatic carbocycles. The molecule has 4 aromatic rings. The van der Waals surface area contributed by atoms with Gasteiger partial charge in [-0.2, -0.15) is 0 Å². The summed E-state index contributed by atoms with van der Waals surface area (Å²) in [4.78, 5) is 0. The molecule has 0 saturated carbocycles. The molecule has 0 bridgehead atoms. The minimum atomic E-state index is -4.87. The van der Waals surface area contributed by atoms with Crippen LogP contribution in [0.2, 0.25) is 30.1 Å². The number of hydrogen-bond acceptors (Lipinski definition) is 4. The first-order chi connectivity index (χ1) is 17.2. The molecule has 6 rings (SSSR count). The molecule has 2 heterocycles. The van der Waals surface area contributed by atoms with Crippen LogP contribution in [-0.2, 0) is 6.42 Å². The SMILES string of the molecule is Clc1ccc2c(c1)Cc1cc(Cl)ccc1OP1(c3ccccc3)(O2)Oc2c(Cl)c(Cl)c(Cl)c(Cl)c2O1. The number of halogens is 6. The van der Waals surface area contributed by atoms with Crippen LogP contribution in [0.1, 0.15) is 11.1 Å². The van der Waals surface area contributed by atoms with Crippen LogP contribution < -0.4 is 23.4 Å². The Hall–Kier alpha value is -1.75. The van der Waals surface area contributed by atoms with Crippen molar-refractivity contribution in [3.8, 4) is 23.0 Å². The summed E-state index contributed by atoms with van der Waals surface area (Å²) in [6.45, 7) is 0. The second-order valence-corrected chi connectivity index (χ2v) is 13.4. The van der Waals surface area contributed by atoms with Gasteiger partial charge in [0.1, 0.15) is 0 Å². The van der Waals surface area contributed by atoms with Gasteiger partial charge < -0.3 is 0 Å². The predicted octanol–water partition coefficient (Wildman–Crippen LogP) is 9.98. The zero-order chi connectivity index (χ0) is 25.3.